The van der Waals surface area contributed by atoms with Gasteiger partial charge >= 0.3 is 6.03 Å². The molecule has 0 bridgehead atoms. The first kappa shape index (κ1) is 26.4. The van der Waals surface area contributed by atoms with Gasteiger partial charge in [0.15, 0.2) is 5.13 Å². The topological polar surface area (TPSA) is 150 Å². The zero-order valence-corrected chi connectivity index (χ0v) is 22.3. The van der Waals surface area contributed by atoms with Crippen molar-refractivity contribution in [2.45, 2.75) is 25.2 Å². The molecule has 1 aromatic carbocycles. The third-order valence-corrected chi connectivity index (χ3v) is 7.73. The Bertz CT molecular complexity index is 1360. The Morgan fingerprint density at radius 2 is 1.70 bits per heavy atom. The molecule has 3 N–H and O–H groups in total. The number of carbonyl (C=O) groups is 2. The number of hydrogen-bond donors (Lipinski definition) is 3. The summed E-state index contributed by atoms with van der Waals surface area (Å²) < 4.78 is 27.8. The highest BCUT2D eigenvalue weighted by Gasteiger charge is 2.20. The average molecular weight is 545 g/mol. The number of anilines is 3. The maximum atomic E-state index is 12.7. The highest BCUT2D eigenvalue weighted by molar-refractivity contribution is 7.92. The average Bonchev–Trinajstić information content (AvgIpc) is 3.25. The number of urea groups is 1. The molecule has 1 aliphatic rings. The number of likely N-dealkylation sites (N-methyl/N-ethyl adjacent to an activating group) is 1. The minimum Gasteiger partial charge on any atom is -0.326 e. The molecule has 14 heteroatoms. The number of carbonyl (C=O) groups excluding carboxylic acids is 2. The Morgan fingerprint density at radius 3 is 2.38 bits per heavy atom. The largest absolute Gasteiger partial charge is 0.326 e. The maximum absolute atomic E-state index is 12.7. The monoisotopic (exact) mass is 544 g/mol. The Kier molecular flexibility index (Phi) is 8.00. The summed E-state index contributed by atoms with van der Waals surface area (Å²) in [4.78, 5) is 41.4. The molecule has 1 fully saturated rings. The molecule has 196 valence electrons. The van der Waals surface area contributed by atoms with Crippen molar-refractivity contribution >= 4 is 49.9 Å². The second kappa shape index (κ2) is 11.2. The minimum absolute atomic E-state index is 0.00883. The van der Waals surface area contributed by atoms with Crippen molar-refractivity contribution in [2.24, 2.45) is 0 Å². The first-order valence-corrected chi connectivity index (χ1v) is 13.9. The number of sulfonamides is 1. The SMILES string of the molecule is Cc1cc(NS(=O)(=O)c2ccc(NC(=O)Cc3csc(NC(=O)N4CCN(C)CC4)n3)cc2)nc(C)n1. The van der Waals surface area contributed by atoms with E-state index >= 15 is 0 Å². The molecule has 37 heavy (non-hydrogen) atoms. The van der Waals surface area contributed by atoms with Crippen LogP contribution in [-0.2, 0) is 21.2 Å². The van der Waals surface area contributed by atoms with Gasteiger partial charge in [-0.2, -0.15) is 0 Å². The van der Waals surface area contributed by atoms with Crippen LogP contribution in [0, 0.1) is 13.8 Å². The van der Waals surface area contributed by atoms with Crippen LogP contribution < -0.4 is 15.4 Å². The molecule has 0 spiro atoms. The molecule has 4 rings (SSSR count). The van der Waals surface area contributed by atoms with Crippen molar-refractivity contribution in [3.8, 4) is 0 Å². The lowest BCUT2D eigenvalue weighted by Gasteiger charge is -2.32. The molecule has 3 heterocycles. The summed E-state index contributed by atoms with van der Waals surface area (Å²) in [6.07, 6.45) is 0.00883. The fraction of sp³-hybridized carbons (Fsp3) is 0.348. The van der Waals surface area contributed by atoms with E-state index in [9.17, 15) is 18.0 Å². The van der Waals surface area contributed by atoms with Crippen LogP contribution in [0.3, 0.4) is 0 Å². The van der Waals surface area contributed by atoms with Gasteiger partial charge in [-0.3, -0.25) is 14.8 Å². The number of hydrogen-bond acceptors (Lipinski definition) is 9. The van der Waals surface area contributed by atoms with Gasteiger partial charge in [0.2, 0.25) is 5.91 Å². The normalized spacial score (nSPS) is 14.3. The Labute approximate surface area is 219 Å². The number of aryl methyl sites for hydroxylation is 2. The van der Waals surface area contributed by atoms with Crippen LogP contribution in [0.5, 0.6) is 0 Å². The summed E-state index contributed by atoms with van der Waals surface area (Å²) in [6, 6.07) is 7.15. The number of rotatable bonds is 7. The zero-order valence-electron chi connectivity index (χ0n) is 20.7. The van der Waals surface area contributed by atoms with Gasteiger partial charge in [-0.05, 0) is 45.2 Å². The summed E-state index contributed by atoms with van der Waals surface area (Å²) >= 11 is 1.25. The van der Waals surface area contributed by atoms with E-state index < -0.39 is 10.0 Å². The molecule has 1 aliphatic heterocycles. The molecular weight excluding hydrogens is 516 g/mol. The molecule has 0 radical (unpaired) electrons. The first-order chi connectivity index (χ1) is 17.6. The highest BCUT2D eigenvalue weighted by atomic mass is 32.2. The van der Waals surface area contributed by atoms with Crippen molar-refractivity contribution in [2.75, 3.05) is 48.6 Å². The molecule has 3 amide bonds. The zero-order chi connectivity index (χ0) is 26.6. The van der Waals surface area contributed by atoms with E-state index in [0.717, 1.165) is 13.1 Å². The van der Waals surface area contributed by atoms with Gasteiger partial charge in [-0.15, -0.1) is 11.3 Å². The number of thiazole rings is 1. The summed E-state index contributed by atoms with van der Waals surface area (Å²) in [7, 11) is -1.84. The molecule has 0 unspecified atom stereocenters. The summed E-state index contributed by atoms with van der Waals surface area (Å²) in [5.41, 5.74) is 1.61. The maximum Gasteiger partial charge on any atom is 0.323 e. The molecule has 0 atom stereocenters. The van der Waals surface area contributed by atoms with Gasteiger partial charge in [0, 0.05) is 49.0 Å². The number of amides is 3. The highest BCUT2D eigenvalue weighted by Crippen LogP contribution is 2.20. The van der Waals surface area contributed by atoms with Crippen molar-refractivity contribution in [3.63, 3.8) is 0 Å². The Balaban J connectivity index is 1.30. The van der Waals surface area contributed by atoms with E-state index in [2.05, 4.69) is 35.2 Å². The third-order valence-electron chi connectivity index (χ3n) is 5.55. The quantitative estimate of drug-likeness (QED) is 0.410. The predicted octanol–water partition coefficient (Wildman–Crippen LogP) is 2.31. The Hall–Kier alpha value is -3.62. The molecule has 2 aromatic heterocycles. The summed E-state index contributed by atoms with van der Waals surface area (Å²) in [5, 5.41) is 7.67. The van der Waals surface area contributed by atoms with Crippen LogP contribution in [-0.4, -0.2) is 78.3 Å². The third kappa shape index (κ3) is 7.21. The number of nitrogens with zero attached hydrogens (tertiary/aromatic N) is 5. The molecule has 0 aliphatic carbocycles. The summed E-state index contributed by atoms with van der Waals surface area (Å²) in [6.45, 7) is 6.38. The minimum atomic E-state index is -3.86. The van der Waals surface area contributed by atoms with E-state index in [1.165, 1.54) is 35.6 Å². The van der Waals surface area contributed by atoms with Gasteiger partial charge in [0.25, 0.3) is 10.0 Å². The standard InChI is InChI=1S/C23H28N8O4S2/c1-15-12-20(25-16(2)24-15)29-37(34,35)19-6-4-17(5-7-19)26-21(32)13-18-14-36-22(27-18)28-23(33)31-10-8-30(3)9-11-31/h4-7,12,14H,8-11,13H2,1-3H3,(H,26,32)(H,24,25,29)(H,27,28,33). The second-order valence-electron chi connectivity index (χ2n) is 8.66. The van der Waals surface area contributed by atoms with E-state index in [4.69, 9.17) is 0 Å². The number of nitrogens with one attached hydrogen (secondary N) is 3. The fourth-order valence-electron chi connectivity index (χ4n) is 3.68. The molecule has 3 aromatic rings. The number of piperazine rings is 1. The number of aromatic nitrogens is 3. The lowest BCUT2D eigenvalue weighted by molar-refractivity contribution is -0.115. The second-order valence-corrected chi connectivity index (χ2v) is 11.2. The van der Waals surface area contributed by atoms with E-state index in [1.54, 1.807) is 30.2 Å². The van der Waals surface area contributed by atoms with Gasteiger partial charge < -0.3 is 15.1 Å². The van der Waals surface area contributed by atoms with Crippen LogP contribution in [0.4, 0.5) is 21.4 Å². The van der Waals surface area contributed by atoms with Gasteiger partial charge in [0.05, 0.1) is 17.0 Å². The van der Waals surface area contributed by atoms with Gasteiger partial charge in [-0.1, -0.05) is 0 Å². The molecule has 1 saturated heterocycles. The van der Waals surface area contributed by atoms with Gasteiger partial charge in [-0.25, -0.2) is 28.2 Å². The van der Waals surface area contributed by atoms with Crippen molar-refractivity contribution in [3.05, 3.63) is 52.9 Å². The van der Waals surface area contributed by atoms with Crippen LogP contribution in [0.1, 0.15) is 17.2 Å². The molecular formula is C23H28N8O4S2. The van der Waals surface area contributed by atoms with Gasteiger partial charge in [0.1, 0.15) is 11.6 Å². The van der Waals surface area contributed by atoms with Crippen molar-refractivity contribution < 1.29 is 18.0 Å². The van der Waals surface area contributed by atoms with Crippen LogP contribution in [0.2, 0.25) is 0 Å². The van der Waals surface area contributed by atoms with E-state index in [1.807, 2.05) is 7.05 Å². The van der Waals surface area contributed by atoms with Crippen molar-refractivity contribution in [1.29, 1.82) is 0 Å². The van der Waals surface area contributed by atoms with Crippen LogP contribution in [0.25, 0.3) is 0 Å². The molecule has 12 nitrogen and oxygen atoms in total. The lowest BCUT2D eigenvalue weighted by Crippen LogP contribution is -2.48. The first-order valence-electron chi connectivity index (χ1n) is 11.5. The number of benzene rings is 1. The smallest absolute Gasteiger partial charge is 0.323 e. The van der Waals surface area contributed by atoms with E-state index in [0.29, 0.717) is 41.1 Å². The lowest BCUT2D eigenvalue weighted by atomic mass is 10.3. The van der Waals surface area contributed by atoms with Crippen molar-refractivity contribution in [1.82, 2.24) is 24.8 Å². The van der Waals surface area contributed by atoms with Crippen LogP contribution in [0.15, 0.2) is 40.6 Å². The van der Waals surface area contributed by atoms with Crippen LogP contribution >= 0.6 is 11.3 Å². The Morgan fingerprint density at radius 1 is 1.00 bits per heavy atom. The van der Waals surface area contributed by atoms with E-state index in [-0.39, 0.29) is 29.1 Å². The molecule has 0 saturated carbocycles. The predicted molar refractivity (Wildman–Crippen MR) is 141 cm³/mol. The summed E-state index contributed by atoms with van der Waals surface area (Å²) in [5.74, 6) is 0.327. The fourth-order valence-corrected chi connectivity index (χ4v) is 5.37.